The second-order valence-corrected chi connectivity index (χ2v) is 5.37. The number of carboxylic acids is 1. The fraction of sp³-hybridized carbons (Fsp3) is 0.857. The number of aliphatic carboxylic acids is 1. The quantitative estimate of drug-likeness (QED) is 0.692. The Hall–Kier alpha value is -0.620. The van der Waals surface area contributed by atoms with Crippen LogP contribution in [0.3, 0.4) is 0 Å². The van der Waals surface area contributed by atoms with E-state index in [-0.39, 0.29) is 0 Å². The zero-order valence-electron chi connectivity index (χ0n) is 7.43. The van der Waals surface area contributed by atoms with Gasteiger partial charge < -0.3 is 5.11 Å². The lowest BCUT2D eigenvalue weighted by Crippen LogP contribution is -2.33. The van der Waals surface area contributed by atoms with E-state index in [1.54, 1.807) is 0 Å². The lowest BCUT2D eigenvalue weighted by Gasteiger charge is -2.13. The van der Waals surface area contributed by atoms with Crippen LogP contribution in [0, 0.1) is 5.92 Å². The average molecular weight is 207 g/mol. The van der Waals surface area contributed by atoms with Crippen LogP contribution in [0.4, 0.5) is 0 Å². The minimum absolute atomic E-state index is 0.337. The Balaban J connectivity index is 2.65. The van der Waals surface area contributed by atoms with Gasteiger partial charge in [0.1, 0.15) is 0 Å². The lowest BCUT2D eigenvalue weighted by atomic mass is 10.2. The molecule has 1 fully saturated rings. The van der Waals surface area contributed by atoms with Gasteiger partial charge in [-0.25, -0.2) is 12.7 Å². The van der Waals surface area contributed by atoms with Gasteiger partial charge in [-0.3, -0.25) is 4.79 Å². The third kappa shape index (κ3) is 2.67. The van der Waals surface area contributed by atoms with Gasteiger partial charge in [0.15, 0.2) is 5.75 Å². The Bertz CT molecular complexity index is 298. The Kier molecular flexibility index (Phi) is 2.92. The molecule has 0 saturated carbocycles. The summed E-state index contributed by atoms with van der Waals surface area (Å²) in [6.07, 6.45) is 0.818. The van der Waals surface area contributed by atoms with Crippen LogP contribution in [0.1, 0.15) is 13.3 Å². The minimum Gasteiger partial charge on any atom is -0.480 e. The Morgan fingerprint density at radius 1 is 1.62 bits per heavy atom. The Morgan fingerprint density at radius 3 is 2.62 bits per heavy atom. The molecule has 1 rings (SSSR count). The molecule has 1 saturated heterocycles. The van der Waals surface area contributed by atoms with Crippen molar-refractivity contribution in [1.29, 1.82) is 0 Å². The van der Waals surface area contributed by atoms with Gasteiger partial charge in [0.05, 0.1) is 0 Å². The van der Waals surface area contributed by atoms with Crippen molar-refractivity contribution in [1.82, 2.24) is 4.31 Å². The number of hydrogen-bond donors (Lipinski definition) is 1. The van der Waals surface area contributed by atoms with Crippen LogP contribution in [0.15, 0.2) is 0 Å². The van der Waals surface area contributed by atoms with Crippen molar-refractivity contribution in [3.8, 4) is 0 Å². The average Bonchev–Trinajstić information content (AvgIpc) is 2.32. The molecule has 5 nitrogen and oxygen atoms in total. The maximum atomic E-state index is 11.3. The van der Waals surface area contributed by atoms with Crippen molar-refractivity contribution in [2.75, 3.05) is 18.8 Å². The van der Waals surface area contributed by atoms with Crippen molar-refractivity contribution < 1.29 is 18.3 Å². The molecular formula is C7H13NO4S. The Morgan fingerprint density at radius 2 is 2.23 bits per heavy atom. The SMILES string of the molecule is CC1CCN(S(=O)(=O)CC(=O)O)C1. The molecule has 0 spiro atoms. The number of rotatable bonds is 3. The standard InChI is InChI=1S/C7H13NO4S/c1-6-2-3-8(4-6)13(11,12)5-7(9)10/h6H,2-5H2,1H3,(H,9,10). The summed E-state index contributed by atoms with van der Waals surface area (Å²) >= 11 is 0. The van der Waals surface area contributed by atoms with Gasteiger partial charge in [0, 0.05) is 13.1 Å². The van der Waals surface area contributed by atoms with Gasteiger partial charge in [-0.15, -0.1) is 0 Å². The van der Waals surface area contributed by atoms with E-state index in [2.05, 4.69) is 0 Å². The van der Waals surface area contributed by atoms with Crippen molar-refractivity contribution in [2.24, 2.45) is 5.92 Å². The first kappa shape index (κ1) is 10.5. The molecule has 0 aromatic heterocycles. The van der Waals surface area contributed by atoms with E-state index in [9.17, 15) is 13.2 Å². The summed E-state index contributed by atoms with van der Waals surface area (Å²) in [5.74, 6) is -1.75. The van der Waals surface area contributed by atoms with E-state index < -0.39 is 21.7 Å². The second-order valence-electron chi connectivity index (χ2n) is 3.40. The first-order valence-electron chi connectivity index (χ1n) is 4.11. The molecular weight excluding hydrogens is 194 g/mol. The molecule has 6 heteroatoms. The molecule has 1 heterocycles. The third-order valence-electron chi connectivity index (χ3n) is 2.09. The van der Waals surface area contributed by atoms with Gasteiger partial charge in [-0.1, -0.05) is 6.92 Å². The predicted molar refractivity (Wildman–Crippen MR) is 46.8 cm³/mol. The largest absolute Gasteiger partial charge is 0.480 e. The summed E-state index contributed by atoms with van der Waals surface area (Å²) in [4.78, 5) is 10.2. The van der Waals surface area contributed by atoms with Crippen LogP contribution < -0.4 is 0 Å². The molecule has 0 bridgehead atoms. The number of hydrogen-bond acceptors (Lipinski definition) is 3. The summed E-state index contributed by atoms with van der Waals surface area (Å²) in [5, 5.41) is 8.37. The molecule has 1 atom stereocenters. The molecule has 1 unspecified atom stereocenters. The summed E-state index contributed by atoms with van der Waals surface area (Å²) in [6.45, 7) is 2.86. The van der Waals surface area contributed by atoms with Crippen LogP contribution in [0.2, 0.25) is 0 Å². The molecule has 0 aromatic rings. The van der Waals surface area contributed by atoms with E-state index in [0.29, 0.717) is 19.0 Å². The summed E-state index contributed by atoms with van der Waals surface area (Å²) in [6, 6.07) is 0. The summed E-state index contributed by atoms with van der Waals surface area (Å²) in [7, 11) is -3.56. The molecule has 1 aliphatic heterocycles. The molecule has 0 aromatic carbocycles. The van der Waals surface area contributed by atoms with Crippen LogP contribution in [-0.2, 0) is 14.8 Å². The van der Waals surface area contributed by atoms with Gasteiger partial charge in [0.2, 0.25) is 10.0 Å². The van der Waals surface area contributed by atoms with E-state index in [4.69, 9.17) is 5.11 Å². The highest BCUT2D eigenvalue weighted by atomic mass is 32.2. The van der Waals surface area contributed by atoms with Crippen molar-refractivity contribution >= 4 is 16.0 Å². The van der Waals surface area contributed by atoms with E-state index in [1.165, 1.54) is 4.31 Å². The lowest BCUT2D eigenvalue weighted by molar-refractivity contribution is -0.134. The van der Waals surface area contributed by atoms with E-state index in [1.807, 2.05) is 6.92 Å². The van der Waals surface area contributed by atoms with Gasteiger partial charge in [-0.05, 0) is 12.3 Å². The number of sulfonamides is 1. The maximum Gasteiger partial charge on any atom is 0.320 e. The molecule has 0 amide bonds. The molecule has 13 heavy (non-hydrogen) atoms. The molecule has 1 N–H and O–H groups in total. The number of nitrogens with zero attached hydrogens (tertiary/aromatic N) is 1. The zero-order chi connectivity index (χ0) is 10.1. The molecule has 1 aliphatic rings. The fourth-order valence-electron chi connectivity index (χ4n) is 1.39. The highest BCUT2D eigenvalue weighted by Crippen LogP contribution is 2.18. The van der Waals surface area contributed by atoms with E-state index >= 15 is 0 Å². The first-order valence-corrected chi connectivity index (χ1v) is 5.72. The molecule has 76 valence electrons. The summed E-state index contributed by atoms with van der Waals surface area (Å²) < 4.78 is 23.9. The highest BCUT2D eigenvalue weighted by molar-refractivity contribution is 7.89. The topological polar surface area (TPSA) is 74.7 Å². The molecule has 0 aliphatic carbocycles. The Labute approximate surface area is 77.4 Å². The normalized spacial score (nSPS) is 24.8. The van der Waals surface area contributed by atoms with Crippen molar-refractivity contribution in [3.63, 3.8) is 0 Å². The minimum atomic E-state index is -3.56. The van der Waals surface area contributed by atoms with Gasteiger partial charge >= 0.3 is 5.97 Å². The van der Waals surface area contributed by atoms with Crippen LogP contribution in [-0.4, -0.2) is 42.6 Å². The number of carbonyl (C=O) groups is 1. The predicted octanol–water partition coefficient (Wildman–Crippen LogP) is -0.257. The smallest absolute Gasteiger partial charge is 0.320 e. The van der Waals surface area contributed by atoms with Crippen LogP contribution in [0.5, 0.6) is 0 Å². The van der Waals surface area contributed by atoms with Crippen LogP contribution in [0.25, 0.3) is 0 Å². The fourth-order valence-corrected chi connectivity index (χ4v) is 2.75. The van der Waals surface area contributed by atoms with Crippen molar-refractivity contribution in [2.45, 2.75) is 13.3 Å². The zero-order valence-corrected chi connectivity index (χ0v) is 8.25. The van der Waals surface area contributed by atoms with Crippen molar-refractivity contribution in [3.05, 3.63) is 0 Å². The van der Waals surface area contributed by atoms with Gasteiger partial charge in [0.25, 0.3) is 0 Å². The first-order chi connectivity index (χ1) is 5.92. The monoisotopic (exact) mass is 207 g/mol. The highest BCUT2D eigenvalue weighted by Gasteiger charge is 2.30. The second kappa shape index (κ2) is 3.63. The van der Waals surface area contributed by atoms with E-state index in [0.717, 1.165) is 6.42 Å². The van der Waals surface area contributed by atoms with Gasteiger partial charge in [-0.2, -0.15) is 0 Å². The summed E-state index contributed by atoms with van der Waals surface area (Å²) in [5.41, 5.74) is 0. The number of carboxylic acid groups (broad SMARTS) is 1. The maximum absolute atomic E-state index is 11.3. The van der Waals surface area contributed by atoms with Crippen LogP contribution >= 0.6 is 0 Å². The third-order valence-corrected chi connectivity index (χ3v) is 3.82. The molecule has 0 radical (unpaired) electrons.